The second-order valence-electron chi connectivity index (χ2n) is 4.67. The van der Waals surface area contributed by atoms with Crippen LogP contribution in [0.2, 0.25) is 0 Å². The van der Waals surface area contributed by atoms with Gasteiger partial charge in [-0.15, -0.1) is 0 Å². The Bertz CT molecular complexity index is 553. The molecule has 5 heteroatoms. The fraction of sp³-hybridized carbons (Fsp3) is 0.429. The molecule has 2 rings (SSSR count). The van der Waals surface area contributed by atoms with Crippen molar-refractivity contribution in [1.29, 1.82) is 0 Å². The zero-order valence-electron chi connectivity index (χ0n) is 11.2. The summed E-state index contributed by atoms with van der Waals surface area (Å²) in [7, 11) is 0. The summed E-state index contributed by atoms with van der Waals surface area (Å²) in [6, 6.07) is 4.50. The number of rotatable bonds is 5. The fourth-order valence-corrected chi connectivity index (χ4v) is 1.83. The molecule has 0 saturated heterocycles. The largest absolute Gasteiger partial charge is 0.337 e. The van der Waals surface area contributed by atoms with Gasteiger partial charge in [0.05, 0.1) is 6.04 Å². The van der Waals surface area contributed by atoms with Crippen molar-refractivity contribution in [1.82, 2.24) is 10.1 Å². The number of halogens is 1. The first-order valence-electron chi connectivity index (χ1n) is 6.47. The van der Waals surface area contributed by atoms with E-state index in [2.05, 4.69) is 17.1 Å². The van der Waals surface area contributed by atoms with E-state index in [1.54, 1.807) is 19.1 Å². The molecule has 0 aliphatic carbocycles. The van der Waals surface area contributed by atoms with Crippen molar-refractivity contribution in [3.05, 3.63) is 35.5 Å². The molecule has 102 valence electrons. The SMILES string of the molecule is CCCCC(N)c1nc(-c2ccc(F)c(C)c2)no1. The number of unbranched alkanes of at least 4 members (excludes halogenated alkanes) is 1. The summed E-state index contributed by atoms with van der Waals surface area (Å²) < 4.78 is 18.4. The fourth-order valence-electron chi connectivity index (χ4n) is 1.83. The first kappa shape index (κ1) is 13.7. The van der Waals surface area contributed by atoms with E-state index in [0.717, 1.165) is 24.8 Å². The number of hydrogen-bond acceptors (Lipinski definition) is 4. The van der Waals surface area contributed by atoms with Gasteiger partial charge in [-0.1, -0.05) is 24.9 Å². The van der Waals surface area contributed by atoms with E-state index in [1.807, 2.05) is 0 Å². The monoisotopic (exact) mass is 263 g/mol. The molecular formula is C14H18FN3O. The third kappa shape index (κ3) is 3.17. The van der Waals surface area contributed by atoms with E-state index in [1.165, 1.54) is 6.07 Å². The standard InChI is InChI=1S/C14H18FN3O/c1-3-4-5-12(16)14-17-13(18-19-14)10-6-7-11(15)9(2)8-10/h6-8,12H,3-5,16H2,1-2H3. The molecule has 0 fully saturated rings. The Morgan fingerprint density at radius 3 is 2.89 bits per heavy atom. The van der Waals surface area contributed by atoms with Crippen molar-refractivity contribution in [2.75, 3.05) is 0 Å². The predicted molar refractivity (Wildman–Crippen MR) is 70.9 cm³/mol. The van der Waals surface area contributed by atoms with Crippen molar-refractivity contribution in [3.8, 4) is 11.4 Å². The van der Waals surface area contributed by atoms with Crippen molar-refractivity contribution in [3.63, 3.8) is 0 Å². The molecule has 0 radical (unpaired) electrons. The number of hydrogen-bond donors (Lipinski definition) is 1. The lowest BCUT2D eigenvalue weighted by molar-refractivity contribution is 0.346. The predicted octanol–water partition coefficient (Wildman–Crippen LogP) is 3.37. The second kappa shape index (κ2) is 5.93. The van der Waals surface area contributed by atoms with Crippen LogP contribution in [0.15, 0.2) is 22.7 Å². The summed E-state index contributed by atoms with van der Waals surface area (Å²) in [4.78, 5) is 4.28. The van der Waals surface area contributed by atoms with Crippen LogP contribution in [0.3, 0.4) is 0 Å². The molecule has 19 heavy (non-hydrogen) atoms. The highest BCUT2D eigenvalue weighted by atomic mass is 19.1. The van der Waals surface area contributed by atoms with Gasteiger partial charge in [0.15, 0.2) is 0 Å². The minimum atomic E-state index is -0.243. The summed E-state index contributed by atoms with van der Waals surface area (Å²) in [6.45, 7) is 3.81. The van der Waals surface area contributed by atoms with Crippen LogP contribution in [0.25, 0.3) is 11.4 Å². The Labute approximate surface area is 111 Å². The molecular weight excluding hydrogens is 245 g/mol. The van der Waals surface area contributed by atoms with Crippen LogP contribution >= 0.6 is 0 Å². The third-order valence-electron chi connectivity index (χ3n) is 3.04. The Hall–Kier alpha value is -1.75. The average Bonchev–Trinajstić information content (AvgIpc) is 2.89. The molecule has 0 amide bonds. The van der Waals surface area contributed by atoms with Crippen LogP contribution in [0.5, 0.6) is 0 Å². The molecule has 0 aliphatic rings. The smallest absolute Gasteiger partial charge is 0.243 e. The molecule has 1 atom stereocenters. The van der Waals surface area contributed by atoms with E-state index < -0.39 is 0 Å². The maximum atomic E-state index is 13.2. The van der Waals surface area contributed by atoms with Crippen molar-refractivity contribution < 1.29 is 8.91 Å². The van der Waals surface area contributed by atoms with E-state index in [4.69, 9.17) is 10.3 Å². The second-order valence-corrected chi connectivity index (χ2v) is 4.67. The Balaban J connectivity index is 2.18. The third-order valence-corrected chi connectivity index (χ3v) is 3.04. The topological polar surface area (TPSA) is 64.9 Å². The Kier molecular flexibility index (Phi) is 4.27. The zero-order chi connectivity index (χ0) is 13.8. The summed E-state index contributed by atoms with van der Waals surface area (Å²) in [5.41, 5.74) is 7.26. The molecule has 0 aliphatic heterocycles. The van der Waals surface area contributed by atoms with E-state index in [0.29, 0.717) is 17.3 Å². The van der Waals surface area contributed by atoms with Gasteiger partial charge in [-0.3, -0.25) is 0 Å². The first-order valence-corrected chi connectivity index (χ1v) is 6.47. The molecule has 0 saturated carbocycles. The highest BCUT2D eigenvalue weighted by molar-refractivity contribution is 5.55. The maximum absolute atomic E-state index is 13.2. The molecule has 1 unspecified atom stereocenters. The number of aryl methyl sites for hydroxylation is 1. The lowest BCUT2D eigenvalue weighted by atomic mass is 10.1. The molecule has 2 aromatic rings. The van der Waals surface area contributed by atoms with Crippen LogP contribution in [0.4, 0.5) is 4.39 Å². The molecule has 2 N–H and O–H groups in total. The highest BCUT2D eigenvalue weighted by Gasteiger charge is 2.15. The van der Waals surface area contributed by atoms with Gasteiger partial charge in [0, 0.05) is 5.56 Å². The van der Waals surface area contributed by atoms with Crippen LogP contribution in [-0.2, 0) is 0 Å². The zero-order valence-corrected chi connectivity index (χ0v) is 11.2. The van der Waals surface area contributed by atoms with Crippen LogP contribution in [-0.4, -0.2) is 10.1 Å². The van der Waals surface area contributed by atoms with E-state index in [-0.39, 0.29) is 11.9 Å². The Morgan fingerprint density at radius 2 is 2.21 bits per heavy atom. The lowest BCUT2D eigenvalue weighted by Gasteiger charge is -2.03. The number of nitrogens with two attached hydrogens (primary N) is 1. The summed E-state index contributed by atoms with van der Waals surface area (Å²) in [5.74, 6) is 0.641. The van der Waals surface area contributed by atoms with Crippen molar-refractivity contribution in [2.24, 2.45) is 5.73 Å². The summed E-state index contributed by atoms with van der Waals surface area (Å²) >= 11 is 0. The van der Waals surface area contributed by atoms with Gasteiger partial charge in [0.2, 0.25) is 11.7 Å². The summed E-state index contributed by atoms with van der Waals surface area (Å²) in [5, 5.41) is 3.90. The molecule has 0 spiro atoms. The minimum absolute atomic E-state index is 0.234. The quantitative estimate of drug-likeness (QED) is 0.898. The van der Waals surface area contributed by atoms with Crippen LogP contribution in [0, 0.1) is 12.7 Å². The van der Waals surface area contributed by atoms with Gasteiger partial charge in [0.25, 0.3) is 0 Å². The van der Waals surface area contributed by atoms with Gasteiger partial charge in [-0.25, -0.2) is 4.39 Å². The maximum Gasteiger partial charge on any atom is 0.243 e. The van der Waals surface area contributed by atoms with Crippen LogP contribution in [0.1, 0.15) is 43.7 Å². The van der Waals surface area contributed by atoms with Gasteiger partial charge in [-0.05, 0) is 37.1 Å². The molecule has 1 aromatic carbocycles. The van der Waals surface area contributed by atoms with Crippen molar-refractivity contribution in [2.45, 2.75) is 39.2 Å². The van der Waals surface area contributed by atoms with E-state index >= 15 is 0 Å². The molecule has 0 bridgehead atoms. The highest BCUT2D eigenvalue weighted by Crippen LogP contribution is 2.22. The van der Waals surface area contributed by atoms with Gasteiger partial charge in [0.1, 0.15) is 5.82 Å². The molecule has 1 heterocycles. The number of aromatic nitrogens is 2. The van der Waals surface area contributed by atoms with Crippen molar-refractivity contribution >= 4 is 0 Å². The number of nitrogens with zero attached hydrogens (tertiary/aromatic N) is 2. The molecule has 1 aromatic heterocycles. The minimum Gasteiger partial charge on any atom is -0.337 e. The van der Waals surface area contributed by atoms with Gasteiger partial charge >= 0.3 is 0 Å². The van der Waals surface area contributed by atoms with Gasteiger partial charge < -0.3 is 10.3 Å². The van der Waals surface area contributed by atoms with Gasteiger partial charge in [-0.2, -0.15) is 4.98 Å². The summed E-state index contributed by atoms with van der Waals surface area (Å²) in [6.07, 6.45) is 2.92. The van der Waals surface area contributed by atoms with Crippen LogP contribution < -0.4 is 5.73 Å². The molecule has 4 nitrogen and oxygen atoms in total. The van der Waals surface area contributed by atoms with E-state index in [9.17, 15) is 4.39 Å². The average molecular weight is 263 g/mol. The normalized spacial score (nSPS) is 12.6. The number of benzene rings is 1. The first-order chi connectivity index (χ1) is 9.11. The Morgan fingerprint density at radius 1 is 1.42 bits per heavy atom. The lowest BCUT2D eigenvalue weighted by Crippen LogP contribution is -2.10.